The number of aliphatic imine (C=N–C) groups is 1. The van der Waals surface area contributed by atoms with Crippen molar-refractivity contribution in [2.75, 3.05) is 38.0 Å². The van der Waals surface area contributed by atoms with E-state index in [0.717, 1.165) is 57.2 Å². The molecule has 4 aliphatic heterocycles. The monoisotopic (exact) mass is 757 g/mol. The zero-order valence-electron chi connectivity index (χ0n) is 31.4. The van der Waals surface area contributed by atoms with Gasteiger partial charge in [-0.3, -0.25) is 30.0 Å². The van der Waals surface area contributed by atoms with Crippen LogP contribution in [0.15, 0.2) is 53.3 Å². The van der Waals surface area contributed by atoms with Gasteiger partial charge in [-0.2, -0.15) is 0 Å². The van der Waals surface area contributed by atoms with Gasteiger partial charge in [0.2, 0.25) is 17.7 Å². The summed E-state index contributed by atoms with van der Waals surface area (Å²) < 4.78 is 30.1. The second-order valence-electron chi connectivity index (χ2n) is 16.6. The van der Waals surface area contributed by atoms with Gasteiger partial charge < -0.3 is 25.5 Å². The molecule has 0 aromatic heterocycles. The minimum Gasteiger partial charge on any atom is -0.388 e. The Morgan fingerprint density at radius 2 is 1.67 bits per heavy atom. The molecule has 0 spiro atoms. The Kier molecular flexibility index (Phi) is 11.0. The molecule has 3 saturated heterocycles. The van der Waals surface area contributed by atoms with Crippen LogP contribution in [0.4, 0.5) is 14.5 Å². The summed E-state index contributed by atoms with van der Waals surface area (Å²) in [6, 6.07) is 12.8. The normalized spacial score (nSPS) is 27.8. The van der Waals surface area contributed by atoms with Crippen molar-refractivity contribution in [3.8, 4) is 0 Å². The highest BCUT2D eigenvalue weighted by Gasteiger charge is 2.39. The molecule has 0 bridgehead atoms. The van der Waals surface area contributed by atoms with Crippen LogP contribution in [-0.2, 0) is 14.4 Å². The third-order valence-electron chi connectivity index (χ3n) is 12.7. The van der Waals surface area contributed by atoms with E-state index in [1.165, 1.54) is 30.7 Å². The molecule has 13 heteroatoms. The predicted octanol–water partition coefficient (Wildman–Crippen LogP) is 4.90. The van der Waals surface area contributed by atoms with Crippen LogP contribution in [0.2, 0.25) is 0 Å². The molecule has 8 rings (SSSR count). The van der Waals surface area contributed by atoms with Crippen LogP contribution < -0.4 is 21.3 Å². The number of β-amino-alcohol motifs (C(OH)–C–C–N with tert-alkyl or cyclic N) is 1. The first kappa shape index (κ1) is 37.7. The lowest BCUT2D eigenvalue weighted by Crippen LogP contribution is -2.54. The van der Waals surface area contributed by atoms with Crippen molar-refractivity contribution in [2.45, 2.75) is 113 Å². The van der Waals surface area contributed by atoms with Gasteiger partial charge in [0.25, 0.3) is 0 Å². The summed E-state index contributed by atoms with van der Waals surface area (Å²) >= 11 is 0. The summed E-state index contributed by atoms with van der Waals surface area (Å²) in [6.07, 6.45) is 9.75. The molecule has 55 heavy (non-hydrogen) atoms. The zero-order chi connectivity index (χ0) is 38.1. The van der Waals surface area contributed by atoms with Gasteiger partial charge in [-0.15, -0.1) is 0 Å². The molecule has 11 nitrogen and oxygen atoms in total. The topological polar surface area (TPSA) is 138 Å². The maximum Gasteiger partial charge on any atom is 0.249 e. The summed E-state index contributed by atoms with van der Waals surface area (Å²) in [5.74, 6) is -0.546. The minimum absolute atomic E-state index is 0.0353. The first-order valence-corrected chi connectivity index (χ1v) is 20.3. The highest BCUT2D eigenvalue weighted by molar-refractivity contribution is 6.01. The van der Waals surface area contributed by atoms with Gasteiger partial charge in [-0.1, -0.05) is 24.3 Å². The molecule has 2 atom stereocenters. The number of amides is 3. The maximum absolute atomic E-state index is 15.2. The fourth-order valence-corrected chi connectivity index (χ4v) is 9.21. The lowest BCUT2D eigenvalue weighted by atomic mass is 9.83. The number of rotatable bonds is 10. The van der Waals surface area contributed by atoms with Crippen LogP contribution in [0.5, 0.6) is 0 Å². The van der Waals surface area contributed by atoms with E-state index < -0.39 is 17.9 Å². The standard InChI is InChI=1S/C42H53F2N7O4/c43-34-23-32(46-36-12-13-37(52)48-39(36)53)10-11-33(34)27-14-18-50(19-15-27)25-42(55)16-20-51(21-17-42)40(54)28-6-8-31(9-7-28)47-41-45-24-35(44)38(49-41)30-3-1-2-29(22-30)26-4-5-26/h1-3,10-11,22-24,26-28,31,36,41,46-47,49,55H,4-9,12-21,25H2,(H,48,52,53). The first-order chi connectivity index (χ1) is 26.6. The highest BCUT2D eigenvalue weighted by atomic mass is 19.1. The Bertz CT molecular complexity index is 1830. The van der Waals surface area contributed by atoms with Crippen molar-refractivity contribution in [2.24, 2.45) is 10.9 Å². The van der Waals surface area contributed by atoms with Crippen LogP contribution in [-0.4, -0.2) is 95.5 Å². The number of allylic oxidation sites excluding steroid dienone is 1. The predicted molar refractivity (Wildman–Crippen MR) is 206 cm³/mol. The zero-order valence-corrected chi connectivity index (χ0v) is 31.4. The van der Waals surface area contributed by atoms with Crippen molar-refractivity contribution >= 4 is 35.3 Å². The van der Waals surface area contributed by atoms with Gasteiger partial charge in [0.1, 0.15) is 11.9 Å². The maximum atomic E-state index is 15.2. The summed E-state index contributed by atoms with van der Waals surface area (Å²) in [5, 5.41) is 23.7. The Labute approximate surface area is 321 Å². The van der Waals surface area contributed by atoms with Gasteiger partial charge >= 0.3 is 0 Å². The van der Waals surface area contributed by atoms with E-state index in [1.54, 1.807) is 12.1 Å². The molecular weight excluding hydrogens is 705 g/mol. The van der Waals surface area contributed by atoms with E-state index in [2.05, 4.69) is 43.3 Å². The molecule has 6 aliphatic rings. The van der Waals surface area contributed by atoms with Gasteiger partial charge in [0, 0.05) is 49.3 Å². The molecule has 294 valence electrons. The third-order valence-corrected chi connectivity index (χ3v) is 12.7. The summed E-state index contributed by atoms with van der Waals surface area (Å²) in [7, 11) is 0. The Morgan fingerprint density at radius 3 is 2.38 bits per heavy atom. The molecule has 3 amide bonds. The number of nitrogens with one attached hydrogen (secondary N) is 4. The number of piperidine rings is 3. The molecule has 4 heterocycles. The number of anilines is 1. The molecule has 2 unspecified atom stereocenters. The van der Waals surface area contributed by atoms with Crippen LogP contribution in [0.1, 0.15) is 106 Å². The average Bonchev–Trinajstić information content (AvgIpc) is 4.04. The highest BCUT2D eigenvalue weighted by Crippen LogP contribution is 2.41. The van der Waals surface area contributed by atoms with Crippen molar-refractivity contribution in [3.63, 3.8) is 0 Å². The molecular formula is C42H53F2N7O4. The summed E-state index contributed by atoms with van der Waals surface area (Å²) in [5.41, 5.74) is 2.88. The van der Waals surface area contributed by atoms with Crippen LogP contribution >= 0.6 is 0 Å². The molecule has 0 radical (unpaired) electrons. The molecule has 2 aliphatic carbocycles. The van der Waals surface area contributed by atoms with Crippen molar-refractivity contribution < 1.29 is 28.3 Å². The smallest absolute Gasteiger partial charge is 0.249 e. The number of benzene rings is 2. The fourth-order valence-electron chi connectivity index (χ4n) is 9.21. The SMILES string of the molecule is O=C1CCC(Nc2ccc(C3CCN(CC4(O)CCN(C(=O)C5CCC(NC6N=CC(F)=C(c7cccc(C8CC8)c7)N6)CC5)CC4)CC3)c(F)c2)C(=O)N1. The number of likely N-dealkylation sites (tertiary alicyclic amines) is 2. The summed E-state index contributed by atoms with van der Waals surface area (Å²) in [4.78, 5) is 45.7. The van der Waals surface area contributed by atoms with Gasteiger partial charge in [0.15, 0.2) is 12.1 Å². The quantitative estimate of drug-likeness (QED) is 0.216. The van der Waals surface area contributed by atoms with E-state index >= 15 is 4.39 Å². The number of hydrogen-bond acceptors (Lipinski definition) is 9. The number of hydrogen-bond donors (Lipinski definition) is 5. The van der Waals surface area contributed by atoms with Gasteiger partial charge in [-0.25, -0.2) is 8.78 Å². The molecule has 2 aromatic rings. The number of imide groups is 1. The van der Waals surface area contributed by atoms with E-state index in [0.29, 0.717) is 61.8 Å². The Hall–Kier alpha value is -4.20. The first-order valence-electron chi connectivity index (χ1n) is 20.3. The van der Waals surface area contributed by atoms with E-state index in [4.69, 9.17) is 0 Å². The lowest BCUT2D eigenvalue weighted by molar-refractivity contribution is -0.141. The molecule has 2 aromatic carbocycles. The molecule has 5 fully saturated rings. The lowest BCUT2D eigenvalue weighted by Gasteiger charge is -2.43. The Morgan fingerprint density at radius 1 is 0.909 bits per heavy atom. The largest absolute Gasteiger partial charge is 0.388 e. The van der Waals surface area contributed by atoms with Crippen molar-refractivity contribution in [3.05, 3.63) is 70.8 Å². The van der Waals surface area contributed by atoms with Gasteiger partial charge in [0.05, 0.1) is 17.5 Å². The average molecular weight is 758 g/mol. The third kappa shape index (κ3) is 8.94. The number of halogens is 2. The van der Waals surface area contributed by atoms with Crippen molar-refractivity contribution in [1.82, 2.24) is 25.8 Å². The Balaban J connectivity index is 0.749. The number of carbonyl (C=O) groups is 3. The summed E-state index contributed by atoms with van der Waals surface area (Å²) in [6.45, 7) is 3.13. The number of nitrogens with zero attached hydrogens (tertiary/aromatic N) is 3. The number of carbonyl (C=O) groups excluding carboxylic acids is 3. The second-order valence-corrected chi connectivity index (χ2v) is 16.6. The van der Waals surface area contributed by atoms with Gasteiger partial charge in [-0.05, 0) is 125 Å². The minimum atomic E-state index is -0.862. The van der Waals surface area contributed by atoms with E-state index in [-0.39, 0.29) is 53.7 Å². The van der Waals surface area contributed by atoms with Crippen molar-refractivity contribution in [1.29, 1.82) is 0 Å². The molecule has 2 saturated carbocycles. The van der Waals surface area contributed by atoms with Crippen LogP contribution in [0.25, 0.3) is 5.70 Å². The number of aliphatic hydroxyl groups is 1. The van der Waals surface area contributed by atoms with Crippen LogP contribution in [0, 0.1) is 11.7 Å². The molecule has 5 N–H and O–H groups in total. The van der Waals surface area contributed by atoms with Crippen LogP contribution in [0.3, 0.4) is 0 Å². The van der Waals surface area contributed by atoms with E-state index in [9.17, 15) is 23.9 Å². The van der Waals surface area contributed by atoms with E-state index in [1.807, 2.05) is 17.0 Å². The fraction of sp³-hybridized carbons (Fsp3) is 0.571. The second kappa shape index (κ2) is 16.1.